The van der Waals surface area contributed by atoms with Crippen LogP contribution in [-0.2, 0) is 6.42 Å². The molecule has 0 bridgehead atoms. The zero-order valence-electron chi connectivity index (χ0n) is 8.95. The maximum absolute atomic E-state index is 5.97. The molecule has 2 N–H and O–H groups in total. The van der Waals surface area contributed by atoms with E-state index in [4.69, 9.17) is 17.3 Å². The summed E-state index contributed by atoms with van der Waals surface area (Å²) in [5.41, 5.74) is 7.26. The molecule has 1 nitrogen and oxygen atoms in total. The van der Waals surface area contributed by atoms with Crippen molar-refractivity contribution in [1.82, 2.24) is 0 Å². The summed E-state index contributed by atoms with van der Waals surface area (Å²) in [4.78, 5) is 0. The van der Waals surface area contributed by atoms with E-state index in [1.165, 1.54) is 31.2 Å². The SMILES string of the molecule is NC1CCC(Cc2cccc(Cl)c2)CC1. The van der Waals surface area contributed by atoms with E-state index >= 15 is 0 Å². The van der Waals surface area contributed by atoms with Crippen molar-refractivity contribution in [2.45, 2.75) is 38.1 Å². The second-order valence-electron chi connectivity index (χ2n) is 4.61. The van der Waals surface area contributed by atoms with Crippen molar-refractivity contribution >= 4 is 11.6 Å². The van der Waals surface area contributed by atoms with Gasteiger partial charge in [0.2, 0.25) is 0 Å². The molecule has 0 heterocycles. The Morgan fingerprint density at radius 3 is 2.60 bits per heavy atom. The summed E-state index contributed by atoms with van der Waals surface area (Å²) in [7, 11) is 0. The molecule has 1 saturated carbocycles. The average molecular weight is 224 g/mol. The fourth-order valence-corrected chi connectivity index (χ4v) is 2.60. The number of benzene rings is 1. The second kappa shape index (κ2) is 5.00. The zero-order valence-corrected chi connectivity index (χ0v) is 9.71. The van der Waals surface area contributed by atoms with Gasteiger partial charge in [-0.15, -0.1) is 0 Å². The molecule has 1 aromatic carbocycles. The minimum atomic E-state index is 0.445. The first kappa shape index (κ1) is 11.0. The Balaban J connectivity index is 1.92. The van der Waals surface area contributed by atoms with E-state index in [0.717, 1.165) is 17.4 Å². The average Bonchev–Trinajstić information content (AvgIpc) is 2.22. The van der Waals surface area contributed by atoms with Crippen LogP contribution in [0.2, 0.25) is 5.02 Å². The molecule has 1 fully saturated rings. The summed E-state index contributed by atoms with van der Waals surface area (Å²) in [5.74, 6) is 0.809. The van der Waals surface area contributed by atoms with E-state index in [9.17, 15) is 0 Å². The molecular formula is C13H18ClN. The van der Waals surface area contributed by atoms with Crippen LogP contribution in [0.4, 0.5) is 0 Å². The van der Waals surface area contributed by atoms with E-state index in [1.807, 2.05) is 12.1 Å². The van der Waals surface area contributed by atoms with Crippen LogP contribution in [0.1, 0.15) is 31.2 Å². The van der Waals surface area contributed by atoms with Crippen molar-refractivity contribution in [3.05, 3.63) is 34.9 Å². The summed E-state index contributed by atoms with van der Waals surface area (Å²) < 4.78 is 0. The summed E-state index contributed by atoms with van der Waals surface area (Å²) >= 11 is 5.97. The fourth-order valence-electron chi connectivity index (χ4n) is 2.39. The molecule has 0 atom stereocenters. The Bertz CT molecular complexity index is 316. The van der Waals surface area contributed by atoms with Crippen LogP contribution < -0.4 is 5.73 Å². The largest absolute Gasteiger partial charge is 0.328 e. The van der Waals surface area contributed by atoms with Gasteiger partial charge in [-0.1, -0.05) is 23.7 Å². The third-order valence-electron chi connectivity index (χ3n) is 3.30. The normalized spacial score (nSPS) is 26.5. The number of hydrogen-bond donors (Lipinski definition) is 1. The van der Waals surface area contributed by atoms with Gasteiger partial charge in [0, 0.05) is 11.1 Å². The van der Waals surface area contributed by atoms with E-state index in [0.29, 0.717) is 6.04 Å². The van der Waals surface area contributed by atoms with Crippen molar-refractivity contribution in [2.75, 3.05) is 0 Å². The van der Waals surface area contributed by atoms with Gasteiger partial charge in [-0.05, 0) is 55.7 Å². The van der Waals surface area contributed by atoms with Crippen molar-refractivity contribution in [1.29, 1.82) is 0 Å². The lowest BCUT2D eigenvalue weighted by Gasteiger charge is -2.26. The Labute approximate surface area is 96.6 Å². The topological polar surface area (TPSA) is 26.0 Å². The van der Waals surface area contributed by atoms with Crippen LogP contribution in [0.3, 0.4) is 0 Å². The van der Waals surface area contributed by atoms with Crippen molar-refractivity contribution in [3.8, 4) is 0 Å². The van der Waals surface area contributed by atoms with Crippen LogP contribution in [0.5, 0.6) is 0 Å². The summed E-state index contributed by atoms with van der Waals surface area (Å²) in [5, 5.41) is 0.847. The van der Waals surface area contributed by atoms with Crippen molar-refractivity contribution in [3.63, 3.8) is 0 Å². The van der Waals surface area contributed by atoms with Crippen molar-refractivity contribution in [2.24, 2.45) is 11.7 Å². The van der Waals surface area contributed by atoms with E-state index < -0.39 is 0 Å². The Kier molecular flexibility index (Phi) is 3.66. The van der Waals surface area contributed by atoms with Gasteiger partial charge in [0.15, 0.2) is 0 Å². The minimum absolute atomic E-state index is 0.445. The summed E-state index contributed by atoms with van der Waals surface area (Å²) in [6.45, 7) is 0. The van der Waals surface area contributed by atoms with Crippen LogP contribution >= 0.6 is 11.6 Å². The minimum Gasteiger partial charge on any atom is -0.328 e. The lowest BCUT2D eigenvalue weighted by atomic mass is 9.83. The molecule has 0 aromatic heterocycles. The Morgan fingerprint density at radius 1 is 1.20 bits per heavy atom. The second-order valence-corrected chi connectivity index (χ2v) is 5.05. The zero-order chi connectivity index (χ0) is 10.7. The molecule has 1 aliphatic carbocycles. The molecule has 2 heteroatoms. The summed E-state index contributed by atoms with van der Waals surface area (Å²) in [6, 6.07) is 8.66. The molecule has 82 valence electrons. The molecular weight excluding hydrogens is 206 g/mol. The maximum atomic E-state index is 5.97. The first-order chi connectivity index (χ1) is 7.24. The third-order valence-corrected chi connectivity index (χ3v) is 3.54. The maximum Gasteiger partial charge on any atom is 0.0408 e. The Morgan fingerprint density at radius 2 is 1.93 bits per heavy atom. The molecule has 0 amide bonds. The number of hydrogen-bond acceptors (Lipinski definition) is 1. The molecule has 0 spiro atoms. The van der Waals surface area contributed by atoms with Crippen LogP contribution in [0.15, 0.2) is 24.3 Å². The van der Waals surface area contributed by atoms with Gasteiger partial charge in [-0.25, -0.2) is 0 Å². The first-order valence-electron chi connectivity index (χ1n) is 5.74. The van der Waals surface area contributed by atoms with Crippen molar-refractivity contribution < 1.29 is 0 Å². The van der Waals surface area contributed by atoms with Gasteiger partial charge in [0.25, 0.3) is 0 Å². The van der Waals surface area contributed by atoms with Gasteiger partial charge in [0.05, 0.1) is 0 Å². The van der Waals surface area contributed by atoms with Crippen LogP contribution in [0, 0.1) is 5.92 Å². The molecule has 0 aliphatic heterocycles. The highest BCUT2D eigenvalue weighted by Crippen LogP contribution is 2.27. The highest BCUT2D eigenvalue weighted by Gasteiger charge is 2.18. The van der Waals surface area contributed by atoms with Gasteiger partial charge >= 0.3 is 0 Å². The number of nitrogens with two attached hydrogens (primary N) is 1. The molecule has 0 unspecified atom stereocenters. The number of rotatable bonds is 2. The predicted molar refractivity (Wildman–Crippen MR) is 65.1 cm³/mol. The fraction of sp³-hybridized carbons (Fsp3) is 0.538. The Hall–Kier alpha value is -0.530. The van der Waals surface area contributed by atoms with Gasteiger partial charge < -0.3 is 5.73 Å². The predicted octanol–water partition coefficient (Wildman–Crippen LogP) is 3.40. The highest BCUT2D eigenvalue weighted by molar-refractivity contribution is 6.30. The van der Waals surface area contributed by atoms with E-state index in [-0.39, 0.29) is 0 Å². The standard InChI is InChI=1S/C13H18ClN/c14-12-3-1-2-11(9-12)8-10-4-6-13(15)7-5-10/h1-3,9-10,13H,4-8,15H2. The first-order valence-corrected chi connectivity index (χ1v) is 6.12. The monoisotopic (exact) mass is 223 g/mol. The molecule has 2 rings (SSSR count). The molecule has 1 aromatic rings. The van der Waals surface area contributed by atoms with E-state index in [1.54, 1.807) is 0 Å². The van der Waals surface area contributed by atoms with Gasteiger partial charge in [-0.3, -0.25) is 0 Å². The van der Waals surface area contributed by atoms with E-state index in [2.05, 4.69) is 12.1 Å². The quantitative estimate of drug-likeness (QED) is 0.817. The molecule has 0 saturated heterocycles. The third kappa shape index (κ3) is 3.22. The summed E-state index contributed by atoms with van der Waals surface area (Å²) in [6.07, 6.45) is 6.07. The molecule has 1 aliphatic rings. The number of halogens is 1. The van der Waals surface area contributed by atoms with Gasteiger partial charge in [-0.2, -0.15) is 0 Å². The molecule has 0 radical (unpaired) electrons. The van der Waals surface area contributed by atoms with Crippen LogP contribution in [0.25, 0.3) is 0 Å². The van der Waals surface area contributed by atoms with Crippen LogP contribution in [-0.4, -0.2) is 6.04 Å². The van der Waals surface area contributed by atoms with Gasteiger partial charge in [0.1, 0.15) is 0 Å². The lowest BCUT2D eigenvalue weighted by molar-refractivity contribution is 0.325. The molecule has 15 heavy (non-hydrogen) atoms. The highest BCUT2D eigenvalue weighted by atomic mass is 35.5. The lowest BCUT2D eigenvalue weighted by Crippen LogP contribution is -2.27. The smallest absolute Gasteiger partial charge is 0.0408 e.